The first-order valence-electron chi connectivity index (χ1n) is 8.99. The number of nitrogens with zero attached hydrogens (tertiary/aromatic N) is 4. The minimum absolute atomic E-state index is 0.0392. The second-order valence-corrected chi connectivity index (χ2v) is 7.48. The molecule has 1 saturated carbocycles. The molecule has 1 aliphatic heterocycles. The number of carbonyl (C=O) groups excluding carboxylic acids is 1. The molecule has 2 heterocycles. The number of hydrogen-bond acceptors (Lipinski definition) is 4. The normalized spacial score (nSPS) is 27.4. The molecule has 2 aliphatic rings. The van der Waals surface area contributed by atoms with Crippen LogP contribution in [0.25, 0.3) is 0 Å². The third kappa shape index (κ3) is 3.39. The molecule has 2 fully saturated rings. The number of tetrazole rings is 1. The Labute approximate surface area is 137 Å². The van der Waals surface area contributed by atoms with Crippen LogP contribution in [0, 0.1) is 11.8 Å². The van der Waals surface area contributed by atoms with Gasteiger partial charge >= 0.3 is 0 Å². The van der Waals surface area contributed by atoms with E-state index in [0.29, 0.717) is 18.0 Å². The van der Waals surface area contributed by atoms with Gasteiger partial charge in [0.1, 0.15) is 0 Å². The Morgan fingerprint density at radius 1 is 1.22 bits per heavy atom. The second kappa shape index (κ2) is 6.95. The van der Waals surface area contributed by atoms with Crippen molar-refractivity contribution in [2.24, 2.45) is 17.6 Å². The number of hydrogen-bond donors (Lipinski definition) is 2. The third-order valence-electron chi connectivity index (χ3n) is 5.60. The van der Waals surface area contributed by atoms with Gasteiger partial charge in [0.2, 0.25) is 11.7 Å². The Balaban J connectivity index is 1.78. The molecule has 7 heteroatoms. The lowest BCUT2D eigenvalue weighted by Crippen LogP contribution is -3.14. The number of piperidine rings is 1. The summed E-state index contributed by atoms with van der Waals surface area (Å²) in [5.74, 6) is 1.37. The van der Waals surface area contributed by atoms with E-state index in [2.05, 4.69) is 34.1 Å². The van der Waals surface area contributed by atoms with Gasteiger partial charge in [-0.2, -0.15) is 0 Å². The van der Waals surface area contributed by atoms with Gasteiger partial charge in [0, 0.05) is 24.7 Å². The van der Waals surface area contributed by atoms with Crippen molar-refractivity contribution in [1.29, 1.82) is 0 Å². The van der Waals surface area contributed by atoms with E-state index in [-0.39, 0.29) is 11.8 Å². The SMILES string of the molecule is CC(C)[C@H](c1nnnn1C1CCCC1)[NH+]1CCC(C(N)=O)CC1. The zero-order valence-electron chi connectivity index (χ0n) is 14.2. The Morgan fingerprint density at radius 2 is 1.87 bits per heavy atom. The summed E-state index contributed by atoms with van der Waals surface area (Å²) in [7, 11) is 0. The minimum Gasteiger partial charge on any atom is -0.369 e. The monoisotopic (exact) mass is 321 g/mol. The van der Waals surface area contributed by atoms with Crippen LogP contribution in [0.5, 0.6) is 0 Å². The summed E-state index contributed by atoms with van der Waals surface area (Å²) in [6, 6.07) is 0.753. The van der Waals surface area contributed by atoms with Crippen LogP contribution in [0.2, 0.25) is 0 Å². The molecule has 23 heavy (non-hydrogen) atoms. The van der Waals surface area contributed by atoms with Crippen LogP contribution in [0.4, 0.5) is 0 Å². The van der Waals surface area contributed by atoms with E-state index >= 15 is 0 Å². The lowest BCUT2D eigenvalue weighted by molar-refractivity contribution is -0.941. The highest BCUT2D eigenvalue weighted by Crippen LogP contribution is 2.31. The van der Waals surface area contributed by atoms with Gasteiger partial charge in [-0.1, -0.05) is 26.7 Å². The minimum atomic E-state index is -0.152. The molecule has 1 atom stereocenters. The number of nitrogens with two attached hydrogens (primary N) is 1. The molecule has 128 valence electrons. The molecule has 3 rings (SSSR count). The molecule has 0 aromatic carbocycles. The van der Waals surface area contributed by atoms with Gasteiger partial charge in [-0.3, -0.25) is 4.79 Å². The van der Waals surface area contributed by atoms with Gasteiger partial charge in [0.25, 0.3) is 0 Å². The van der Waals surface area contributed by atoms with Crippen molar-refractivity contribution in [1.82, 2.24) is 20.2 Å². The van der Waals surface area contributed by atoms with Gasteiger partial charge in [0.15, 0.2) is 6.04 Å². The molecule has 0 bridgehead atoms. The van der Waals surface area contributed by atoms with Crippen LogP contribution in [-0.4, -0.2) is 39.2 Å². The van der Waals surface area contributed by atoms with E-state index in [0.717, 1.165) is 31.8 Å². The number of aromatic nitrogens is 4. The molecule has 1 aromatic heterocycles. The van der Waals surface area contributed by atoms with Crippen molar-refractivity contribution < 1.29 is 9.69 Å². The highest BCUT2D eigenvalue weighted by Gasteiger charge is 2.37. The number of rotatable bonds is 5. The smallest absolute Gasteiger partial charge is 0.220 e. The van der Waals surface area contributed by atoms with Crippen molar-refractivity contribution in [2.45, 2.75) is 64.5 Å². The fraction of sp³-hybridized carbons (Fsp3) is 0.875. The number of primary amides is 1. The maximum absolute atomic E-state index is 11.4. The molecule has 1 amide bonds. The number of nitrogens with one attached hydrogen (secondary N) is 1. The molecular weight excluding hydrogens is 292 g/mol. The van der Waals surface area contributed by atoms with E-state index in [9.17, 15) is 4.79 Å². The summed E-state index contributed by atoms with van der Waals surface area (Å²) in [6.07, 6.45) is 6.65. The average Bonchev–Trinajstić information content (AvgIpc) is 3.18. The number of quaternary nitrogens is 1. The topological polar surface area (TPSA) is 91.1 Å². The van der Waals surface area contributed by atoms with Crippen LogP contribution in [0.15, 0.2) is 0 Å². The molecular formula is C16H29N6O+. The van der Waals surface area contributed by atoms with Crippen LogP contribution < -0.4 is 10.6 Å². The Morgan fingerprint density at radius 3 is 2.43 bits per heavy atom. The molecule has 1 saturated heterocycles. The third-order valence-corrected chi connectivity index (χ3v) is 5.60. The van der Waals surface area contributed by atoms with Gasteiger partial charge in [0.05, 0.1) is 19.1 Å². The van der Waals surface area contributed by atoms with Crippen molar-refractivity contribution in [2.75, 3.05) is 13.1 Å². The quantitative estimate of drug-likeness (QED) is 0.814. The van der Waals surface area contributed by atoms with Crippen LogP contribution in [0.3, 0.4) is 0 Å². The first-order chi connectivity index (χ1) is 11.1. The van der Waals surface area contributed by atoms with Crippen molar-refractivity contribution >= 4 is 5.91 Å². The first kappa shape index (κ1) is 16.4. The molecule has 0 unspecified atom stereocenters. The van der Waals surface area contributed by atoms with E-state index in [1.807, 2.05) is 0 Å². The Kier molecular flexibility index (Phi) is 4.94. The predicted octanol–water partition coefficient (Wildman–Crippen LogP) is 0.266. The average molecular weight is 321 g/mol. The van der Waals surface area contributed by atoms with Crippen LogP contribution in [-0.2, 0) is 4.79 Å². The number of amides is 1. The zero-order chi connectivity index (χ0) is 16.4. The summed E-state index contributed by atoms with van der Waals surface area (Å²) < 4.78 is 2.09. The fourth-order valence-corrected chi connectivity index (χ4v) is 4.35. The lowest BCUT2D eigenvalue weighted by atomic mass is 9.92. The second-order valence-electron chi connectivity index (χ2n) is 7.48. The van der Waals surface area contributed by atoms with Crippen LogP contribution in [0.1, 0.15) is 70.3 Å². The molecule has 7 nitrogen and oxygen atoms in total. The molecule has 3 N–H and O–H groups in total. The van der Waals surface area contributed by atoms with Gasteiger partial charge in [-0.25, -0.2) is 4.68 Å². The fourth-order valence-electron chi connectivity index (χ4n) is 4.35. The summed E-state index contributed by atoms with van der Waals surface area (Å²) in [5, 5.41) is 12.7. The van der Waals surface area contributed by atoms with E-state index in [4.69, 9.17) is 5.73 Å². The van der Waals surface area contributed by atoms with Crippen molar-refractivity contribution in [3.8, 4) is 0 Å². The van der Waals surface area contributed by atoms with Gasteiger partial charge in [-0.05, 0) is 23.3 Å². The van der Waals surface area contributed by atoms with E-state index < -0.39 is 0 Å². The predicted molar refractivity (Wildman–Crippen MR) is 85.5 cm³/mol. The number of likely N-dealkylation sites (tertiary alicyclic amines) is 1. The highest BCUT2D eigenvalue weighted by atomic mass is 16.1. The highest BCUT2D eigenvalue weighted by molar-refractivity contribution is 5.76. The Hall–Kier alpha value is -1.50. The van der Waals surface area contributed by atoms with Crippen molar-refractivity contribution in [3.05, 3.63) is 5.82 Å². The summed E-state index contributed by atoms with van der Waals surface area (Å²) in [4.78, 5) is 12.9. The first-order valence-corrected chi connectivity index (χ1v) is 8.99. The molecule has 1 aromatic rings. The maximum Gasteiger partial charge on any atom is 0.220 e. The van der Waals surface area contributed by atoms with Crippen LogP contribution >= 0.6 is 0 Å². The summed E-state index contributed by atoms with van der Waals surface area (Å²) >= 11 is 0. The standard InChI is InChI=1S/C16H28N6O/c1-11(2)14(21-9-7-12(8-10-21)15(17)23)16-18-19-20-22(16)13-5-3-4-6-13/h11-14H,3-10H2,1-2H3,(H2,17,23)/p+1/t14-/m1/s1. The summed E-state index contributed by atoms with van der Waals surface area (Å²) in [5.41, 5.74) is 5.47. The maximum atomic E-state index is 11.4. The molecule has 0 radical (unpaired) electrons. The molecule has 1 aliphatic carbocycles. The lowest BCUT2D eigenvalue weighted by Gasteiger charge is -2.35. The molecule has 0 spiro atoms. The summed E-state index contributed by atoms with van der Waals surface area (Å²) in [6.45, 7) is 6.42. The van der Waals surface area contributed by atoms with Gasteiger partial charge < -0.3 is 10.6 Å². The van der Waals surface area contributed by atoms with E-state index in [1.165, 1.54) is 30.6 Å². The van der Waals surface area contributed by atoms with Gasteiger partial charge in [-0.15, -0.1) is 5.10 Å². The van der Waals surface area contributed by atoms with Crippen molar-refractivity contribution in [3.63, 3.8) is 0 Å². The van der Waals surface area contributed by atoms with E-state index in [1.54, 1.807) is 0 Å². The Bertz CT molecular complexity index is 528. The number of carbonyl (C=O) groups is 1. The zero-order valence-corrected chi connectivity index (χ0v) is 14.2. The largest absolute Gasteiger partial charge is 0.369 e.